The summed E-state index contributed by atoms with van der Waals surface area (Å²) in [4.78, 5) is 24.1. The molecule has 0 N–H and O–H groups in total. The van der Waals surface area contributed by atoms with Crippen molar-refractivity contribution >= 4 is 5.91 Å². The highest BCUT2D eigenvalue weighted by Gasteiger charge is 2.30. The molecule has 7 heteroatoms. The van der Waals surface area contributed by atoms with Crippen LogP contribution in [-0.4, -0.2) is 51.7 Å². The van der Waals surface area contributed by atoms with Crippen LogP contribution in [0.1, 0.15) is 55.7 Å². The van der Waals surface area contributed by atoms with E-state index >= 15 is 0 Å². The Bertz CT molecular complexity index is 825. The number of aromatic nitrogens is 3. The molecule has 1 atom stereocenters. The third kappa shape index (κ3) is 4.66. The Morgan fingerprint density at radius 1 is 1.21 bits per heavy atom. The Morgan fingerprint density at radius 2 is 2.03 bits per heavy atom. The first-order chi connectivity index (χ1) is 14.1. The van der Waals surface area contributed by atoms with E-state index in [1.807, 2.05) is 20.0 Å². The second-order valence-electron chi connectivity index (χ2n) is 8.28. The van der Waals surface area contributed by atoms with E-state index in [0.717, 1.165) is 86.7 Å². The van der Waals surface area contributed by atoms with Gasteiger partial charge in [0.25, 0.3) is 0 Å². The first-order valence-corrected chi connectivity index (χ1v) is 10.7. The number of hydrogen-bond acceptors (Lipinski definition) is 6. The largest absolute Gasteiger partial charge is 0.381 e. The quantitative estimate of drug-likeness (QED) is 0.741. The predicted molar refractivity (Wildman–Crippen MR) is 108 cm³/mol. The van der Waals surface area contributed by atoms with E-state index in [0.29, 0.717) is 24.3 Å². The number of carbonyl (C=O) groups excluding carboxylic acids is 1. The van der Waals surface area contributed by atoms with Gasteiger partial charge in [-0.2, -0.15) is 0 Å². The Kier molecular flexibility index (Phi) is 6.23. The van der Waals surface area contributed by atoms with Crippen molar-refractivity contribution in [1.82, 2.24) is 20.0 Å². The van der Waals surface area contributed by atoms with Gasteiger partial charge < -0.3 is 14.2 Å². The Labute approximate surface area is 171 Å². The van der Waals surface area contributed by atoms with Crippen molar-refractivity contribution in [2.45, 2.75) is 64.8 Å². The Morgan fingerprint density at radius 3 is 2.79 bits per heavy atom. The molecule has 0 spiro atoms. The molecule has 1 amide bonds. The molecule has 7 nitrogen and oxygen atoms in total. The molecule has 29 heavy (non-hydrogen) atoms. The van der Waals surface area contributed by atoms with E-state index in [-0.39, 0.29) is 0 Å². The zero-order valence-corrected chi connectivity index (χ0v) is 17.4. The monoisotopic (exact) mass is 398 g/mol. The Balaban J connectivity index is 1.37. The summed E-state index contributed by atoms with van der Waals surface area (Å²) in [6.45, 7) is 6.28. The fourth-order valence-electron chi connectivity index (χ4n) is 4.59. The SMILES string of the molecule is Cc1noc(C)c1-c1cncc(CC[C@@H]2CCCN2C(=O)CC2CCOCC2)n1. The summed E-state index contributed by atoms with van der Waals surface area (Å²) in [5.74, 6) is 1.56. The van der Waals surface area contributed by atoms with E-state index in [9.17, 15) is 4.79 Å². The number of nitrogens with zero attached hydrogens (tertiary/aromatic N) is 4. The number of hydrogen-bond donors (Lipinski definition) is 0. The third-order valence-electron chi connectivity index (χ3n) is 6.21. The maximum atomic E-state index is 12.9. The molecule has 2 fully saturated rings. The van der Waals surface area contributed by atoms with Crippen LogP contribution in [0.4, 0.5) is 0 Å². The molecule has 2 aliphatic rings. The van der Waals surface area contributed by atoms with Crippen molar-refractivity contribution in [1.29, 1.82) is 0 Å². The molecule has 156 valence electrons. The molecule has 0 aromatic carbocycles. The van der Waals surface area contributed by atoms with Gasteiger partial charge in [-0.15, -0.1) is 0 Å². The zero-order chi connectivity index (χ0) is 20.2. The number of amides is 1. The molecule has 0 unspecified atom stereocenters. The van der Waals surface area contributed by atoms with Gasteiger partial charge in [0.05, 0.1) is 28.8 Å². The first kappa shape index (κ1) is 20.0. The number of ether oxygens (including phenoxy) is 1. The highest BCUT2D eigenvalue weighted by atomic mass is 16.5. The van der Waals surface area contributed by atoms with Gasteiger partial charge in [-0.3, -0.25) is 9.78 Å². The highest BCUT2D eigenvalue weighted by Crippen LogP contribution is 2.27. The normalized spacial score (nSPS) is 20.3. The summed E-state index contributed by atoms with van der Waals surface area (Å²) in [7, 11) is 0. The second kappa shape index (κ2) is 9.03. The molecule has 0 saturated carbocycles. The minimum atomic E-state index is 0.312. The van der Waals surface area contributed by atoms with Gasteiger partial charge in [-0.25, -0.2) is 4.98 Å². The van der Waals surface area contributed by atoms with Gasteiger partial charge in [0.2, 0.25) is 5.91 Å². The summed E-state index contributed by atoms with van der Waals surface area (Å²) < 4.78 is 10.7. The number of rotatable bonds is 6. The van der Waals surface area contributed by atoms with Crippen molar-refractivity contribution in [2.24, 2.45) is 5.92 Å². The van der Waals surface area contributed by atoms with Crippen molar-refractivity contribution in [2.75, 3.05) is 19.8 Å². The molecule has 0 radical (unpaired) electrons. The molecule has 2 aromatic rings. The number of likely N-dealkylation sites (tertiary alicyclic amines) is 1. The van der Waals surface area contributed by atoms with E-state index in [4.69, 9.17) is 14.2 Å². The fourth-order valence-corrected chi connectivity index (χ4v) is 4.59. The summed E-state index contributed by atoms with van der Waals surface area (Å²) >= 11 is 0. The van der Waals surface area contributed by atoms with Crippen LogP contribution in [0.15, 0.2) is 16.9 Å². The summed E-state index contributed by atoms with van der Waals surface area (Å²) in [5, 5.41) is 4.01. The molecule has 0 bridgehead atoms. The molecular formula is C22H30N4O3. The lowest BCUT2D eigenvalue weighted by molar-refractivity contribution is -0.133. The zero-order valence-electron chi connectivity index (χ0n) is 17.4. The number of aryl methyl sites for hydroxylation is 3. The summed E-state index contributed by atoms with van der Waals surface area (Å²) in [6, 6.07) is 0.312. The highest BCUT2D eigenvalue weighted by molar-refractivity contribution is 5.77. The van der Waals surface area contributed by atoms with Crippen LogP contribution in [0, 0.1) is 19.8 Å². The molecule has 2 saturated heterocycles. The topological polar surface area (TPSA) is 81.4 Å². The smallest absolute Gasteiger partial charge is 0.223 e. The van der Waals surface area contributed by atoms with Gasteiger partial charge in [0, 0.05) is 38.4 Å². The molecular weight excluding hydrogens is 368 g/mol. The van der Waals surface area contributed by atoms with Gasteiger partial charge in [0.15, 0.2) is 0 Å². The van der Waals surface area contributed by atoms with Crippen LogP contribution in [-0.2, 0) is 16.0 Å². The van der Waals surface area contributed by atoms with Crippen LogP contribution in [0.3, 0.4) is 0 Å². The summed E-state index contributed by atoms with van der Waals surface area (Å²) in [5.41, 5.74) is 3.51. The van der Waals surface area contributed by atoms with Crippen LogP contribution in [0.25, 0.3) is 11.3 Å². The third-order valence-corrected chi connectivity index (χ3v) is 6.21. The van der Waals surface area contributed by atoms with Gasteiger partial charge in [0.1, 0.15) is 5.76 Å². The van der Waals surface area contributed by atoms with E-state index in [1.54, 1.807) is 6.20 Å². The predicted octanol–water partition coefficient (Wildman–Crippen LogP) is 3.49. The lowest BCUT2D eigenvalue weighted by Crippen LogP contribution is -2.37. The van der Waals surface area contributed by atoms with Crippen molar-refractivity contribution < 1.29 is 14.1 Å². The van der Waals surface area contributed by atoms with E-state index in [1.165, 1.54) is 0 Å². The Hall–Kier alpha value is -2.28. The van der Waals surface area contributed by atoms with Crippen molar-refractivity contribution in [3.63, 3.8) is 0 Å². The van der Waals surface area contributed by atoms with Crippen LogP contribution in [0.2, 0.25) is 0 Å². The van der Waals surface area contributed by atoms with Crippen LogP contribution in [0.5, 0.6) is 0 Å². The lowest BCUT2D eigenvalue weighted by atomic mass is 9.95. The maximum absolute atomic E-state index is 12.9. The van der Waals surface area contributed by atoms with Crippen molar-refractivity contribution in [3.05, 3.63) is 29.5 Å². The summed E-state index contributed by atoms with van der Waals surface area (Å²) in [6.07, 6.45) is 10.2. The van der Waals surface area contributed by atoms with Gasteiger partial charge in [-0.05, 0) is 58.3 Å². The van der Waals surface area contributed by atoms with Gasteiger partial charge >= 0.3 is 0 Å². The van der Waals surface area contributed by atoms with Crippen LogP contribution >= 0.6 is 0 Å². The molecule has 2 aliphatic heterocycles. The van der Waals surface area contributed by atoms with Crippen LogP contribution < -0.4 is 0 Å². The fraction of sp³-hybridized carbons (Fsp3) is 0.636. The standard InChI is InChI=1S/C22H30N4O3/c1-15-22(16(2)29-25-15)20-14-23-13-18(24-20)5-6-19-4-3-9-26(19)21(27)12-17-7-10-28-11-8-17/h13-14,17,19H,3-12H2,1-2H3/t19-/m0/s1. The average molecular weight is 399 g/mol. The maximum Gasteiger partial charge on any atom is 0.223 e. The first-order valence-electron chi connectivity index (χ1n) is 10.7. The van der Waals surface area contributed by atoms with Gasteiger partial charge in [-0.1, -0.05) is 5.16 Å². The minimum Gasteiger partial charge on any atom is -0.381 e. The number of carbonyl (C=O) groups is 1. The van der Waals surface area contributed by atoms with E-state index < -0.39 is 0 Å². The van der Waals surface area contributed by atoms with Crippen molar-refractivity contribution in [3.8, 4) is 11.3 Å². The molecule has 4 heterocycles. The molecule has 2 aromatic heterocycles. The van der Waals surface area contributed by atoms with E-state index in [2.05, 4.69) is 15.0 Å². The minimum absolute atomic E-state index is 0.312. The second-order valence-corrected chi connectivity index (χ2v) is 8.28. The molecule has 4 rings (SSSR count). The lowest BCUT2D eigenvalue weighted by Gasteiger charge is -2.28. The average Bonchev–Trinajstić information content (AvgIpc) is 3.33. The molecule has 0 aliphatic carbocycles.